The fourth-order valence-electron chi connectivity index (χ4n) is 11.6. The van der Waals surface area contributed by atoms with Gasteiger partial charge in [0, 0.05) is 12.8 Å². The van der Waals surface area contributed by atoms with Crippen LogP contribution in [0.15, 0.2) is 48.6 Å². The molecular weight excluding hydrogens is 1020 g/mol. The van der Waals surface area contributed by atoms with Gasteiger partial charge in [-0.1, -0.05) is 351 Å². The summed E-state index contributed by atoms with van der Waals surface area (Å²) in [5.74, 6) is -0.0504. The first-order valence-corrected chi connectivity index (χ1v) is 37.4. The molecule has 6 heteroatoms. The van der Waals surface area contributed by atoms with Crippen LogP contribution < -0.4 is 5.32 Å². The van der Waals surface area contributed by atoms with E-state index in [0.717, 1.165) is 51.4 Å². The van der Waals surface area contributed by atoms with Crippen LogP contribution in [0.1, 0.15) is 406 Å². The Morgan fingerprint density at radius 2 is 0.602 bits per heavy atom. The molecule has 0 heterocycles. The minimum atomic E-state index is -0.841. The third kappa shape index (κ3) is 68.8. The molecule has 0 radical (unpaired) electrons. The summed E-state index contributed by atoms with van der Waals surface area (Å²) < 4.78 is 5.51. The number of rotatable bonds is 70. The van der Waals surface area contributed by atoms with Crippen LogP contribution in [0.3, 0.4) is 0 Å². The predicted molar refractivity (Wildman–Crippen MR) is 366 cm³/mol. The van der Waals surface area contributed by atoms with Crippen molar-refractivity contribution in [3.8, 4) is 0 Å². The van der Waals surface area contributed by atoms with Crippen LogP contribution in [0.25, 0.3) is 0 Å². The second-order valence-corrected chi connectivity index (χ2v) is 25.6. The number of unbranched alkanes of at least 4 members (excludes halogenated alkanes) is 53. The minimum Gasteiger partial charge on any atom is -0.466 e. The number of aliphatic hydroxyl groups excluding tert-OH is 2. The van der Waals surface area contributed by atoms with E-state index >= 15 is 0 Å². The molecule has 0 rings (SSSR count). The Hall–Kier alpha value is -2.18. The highest BCUT2D eigenvalue weighted by molar-refractivity contribution is 5.76. The van der Waals surface area contributed by atoms with Crippen LogP contribution in [-0.4, -0.2) is 47.4 Å². The van der Waals surface area contributed by atoms with Gasteiger partial charge in [0.25, 0.3) is 0 Å². The van der Waals surface area contributed by atoms with Crippen molar-refractivity contribution in [3.63, 3.8) is 0 Å². The molecule has 0 saturated carbocycles. The molecule has 0 aliphatic heterocycles. The number of carbonyl (C=O) groups excluding carboxylic acids is 2. The Kier molecular flexibility index (Phi) is 70.4. The van der Waals surface area contributed by atoms with Crippen LogP contribution >= 0.6 is 0 Å². The van der Waals surface area contributed by atoms with Gasteiger partial charge in [0.05, 0.1) is 25.4 Å². The predicted octanol–water partition coefficient (Wildman–Crippen LogP) is 24.4. The quantitative estimate of drug-likeness (QED) is 0.0320. The molecule has 0 aromatic rings. The van der Waals surface area contributed by atoms with E-state index in [-0.39, 0.29) is 18.5 Å². The van der Waals surface area contributed by atoms with Crippen LogP contribution in [0.4, 0.5) is 0 Å². The maximum Gasteiger partial charge on any atom is 0.305 e. The van der Waals surface area contributed by atoms with E-state index in [2.05, 4.69) is 55.6 Å². The van der Waals surface area contributed by atoms with Crippen molar-refractivity contribution in [2.75, 3.05) is 13.2 Å². The Balaban J connectivity index is 3.34. The lowest BCUT2D eigenvalue weighted by Crippen LogP contribution is -2.45. The van der Waals surface area contributed by atoms with Crippen molar-refractivity contribution in [3.05, 3.63) is 48.6 Å². The summed E-state index contributed by atoms with van der Waals surface area (Å²) in [6, 6.07) is -0.625. The van der Waals surface area contributed by atoms with Gasteiger partial charge in [-0.2, -0.15) is 0 Å². The molecule has 0 saturated heterocycles. The first-order chi connectivity index (χ1) is 41.0. The molecule has 0 bridgehead atoms. The number of hydrogen-bond acceptors (Lipinski definition) is 5. The number of ether oxygens (including phenoxy) is 1. The topological polar surface area (TPSA) is 95.9 Å². The average Bonchev–Trinajstić information content (AvgIpc) is 3.49. The maximum absolute atomic E-state index is 12.5. The number of hydrogen-bond donors (Lipinski definition) is 3. The summed E-state index contributed by atoms with van der Waals surface area (Å²) in [7, 11) is 0. The average molecular weight is 1170 g/mol. The zero-order chi connectivity index (χ0) is 59.9. The monoisotopic (exact) mass is 1160 g/mol. The SMILES string of the molecule is CCCCCC/C=C\C/C=C\CCCCCCCCCC(=O)OCCCCCCCCCCCCCCCC/C=C\CCCCCCCCCCCCCCCCCCCC(=O)NC(CO)C(O)/C=C/CCCCCCCCCCCCC. The minimum absolute atomic E-state index is 0.0128. The molecule has 6 nitrogen and oxygen atoms in total. The molecule has 2 atom stereocenters. The summed E-state index contributed by atoms with van der Waals surface area (Å²) in [6.07, 6.45) is 95.1. The van der Waals surface area contributed by atoms with Gasteiger partial charge in [-0.05, 0) is 89.9 Å². The van der Waals surface area contributed by atoms with E-state index in [1.807, 2.05) is 6.08 Å². The number of aliphatic hydroxyl groups is 2. The normalized spacial score (nSPS) is 12.8. The fourth-order valence-corrected chi connectivity index (χ4v) is 11.6. The van der Waals surface area contributed by atoms with Crippen LogP contribution in [0.2, 0.25) is 0 Å². The zero-order valence-electron chi connectivity index (χ0n) is 55.9. The van der Waals surface area contributed by atoms with Crippen molar-refractivity contribution in [2.45, 2.75) is 418 Å². The lowest BCUT2D eigenvalue weighted by atomic mass is 10.0. The standard InChI is InChI=1S/C77H145NO5/c1-3-5-7-9-11-13-15-17-18-19-40-43-47-51-55-59-63-67-71-77(82)83-72-68-64-60-56-52-48-44-41-38-36-34-32-30-28-26-24-22-20-21-23-25-27-29-31-33-35-37-39-42-46-50-54-58-62-66-70-76(81)78-74(73-79)75(80)69-65-61-57-53-49-45-16-14-12-10-8-6-4-2/h13,15,18-19,22,24,65,69,74-75,79-80H,3-12,14,16-17,20-21,23,25-64,66-68,70-73H2,1-2H3,(H,78,81)/b15-13-,19-18-,24-22-,69-65+. The second kappa shape index (κ2) is 72.3. The van der Waals surface area contributed by atoms with Crippen LogP contribution in [-0.2, 0) is 14.3 Å². The summed E-state index contributed by atoms with van der Waals surface area (Å²) in [5, 5.41) is 23.1. The zero-order valence-corrected chi connectivity index (χ0v) is 55.9. The van der Waals surface area contributed by atoms with Gasteiger partial charge in [-0.3, -0.25) is 9.59 Å². The number of esters is 1. The smallest absolute Gasteiger partial charge is 0.305 e. The van der Waals surface area contributed by atoms with E-state index < -0.39 is 12.1 Å². The van der Waals surface area contributed by atoms with Crippen molar-refractivity contribution in [1.29, 1.82) is 0 Å². The Bertz CT molecular complexity index is 1390. The highest BCUT2D eigenvalue weighted by atomic mass is 16.5. The van der Waals surface area contributed by atoms with Gasteiger partial charge < -0.3 is 20.3 Å². The Morgan fingerprint density at radius 3 is 0.940 bits per heavy atom. The molecule has 0 aromatic heterocycles. The van der Waals surface area contributed by atoms with Gasteiger partial charge in [0.1, 0.15) is 0 Å². The van der Waals surface area contributed by atoms with E-state index in [1.54, 1.807) is 6.08 Å². The van der Waals surface area contributed by atoms with E-state index in [0.29, 0.717) is 19.4 Å². The molecule has 3 N–H and O–H groups in total. The first-order valence-electron chi connectivity index (χ1n) is 37.4. The molecule has 0 aromatic carbocycles. The highest BCUT2D eigenvalue weighted by Gasteiger charge is 2.18. The number of amides is 1. The Morgan fingerprint density at radius 1 is 0.337 bits per heavy atom. The third-order valence-electron chi connectivity index (χ3n) is 17.3. The summed E-state index contributed by atoms with van der Waals surface area (Å²) in [6.45, 7) is 4.91. The van der Waals surface area contributed by atoms with Gasteiger partial charge in [-0.15, -0.1) is 0 Å². The Labute approximate surface area is 518 Å². The van der Waals surface area contributed by atoms with Crippen molar-refractivity contribution in [2.24, 2.45) is 0 Å². The van der Waals surface area contributed by atoms with E-state index in [1.165, 1.54) is 327 Å². The number of carbonyl (C=O) groups is 2. The molecule has 0 aliphatic rings. The lowest BCUT2D eigenvalue weighted by Gasteiger charge is -2.20. The summed E-state index contributed by atoms with van der Waals surface area (Å²) in [5.41, 5.74) is 0. The van der Waals surface area contributed by atoms with Gasteiger partial charge in [-0.25, -0.2) is 0 Å². The molecular formula is C77H145NO5. The van der Waals surface area contributed by atoms with Crippen molar-refractivity contribution < 1.29 is 24.5 Å². The highest BCUT2D eigenvalue weighted by Crippen LogP contribution is 2.19. The molecule has 1 amide bonds. The summed E-state index contributed by atoms with van der Waals surface area (Å²) in [4.78, 5) is 24.6. The number of nitrogens with one attached hydrogen (secondary N) is 1. The maximum atomic E-state index is 12.5. The molecule has 2 unspecified atom stereocenters. The van der Waals surface area contributed by atoms with Gasteiger partial charge in [0.2, 0.25) is 5.91 Å². The van der Waals surface area contributed by atoms with E-state index in [9.17, 15) is 19.8 Å². The third-order valence-corrected chi connectivity index (χ3v) is 17.3. The molecule has 0 aliphatic carbocycles. The molecule has 0 spiro atoms. The van der Waals surface area contributed by atoms with Crippen LogP contribution in [0.5, 0.6) is 0 Å². The fraction of sp³-hybridized carbons (Fsp3) is 0.870. The van der Waals surface area contributed by atoms with E-state index in [4.69, 9.17) is 4.74 Å². The second-order valence-electron chi connectivity index (χ2n) is 25.6. The molecule has 0 fully saturated rings. The molecule has 488 valence electrons. The van der Waals surface area contributed by atoms with Gasteiger partial charge in [0.15, 0.2) is 0 Å². The molecule has 83 heavy (non-hydrogen) atoms. The largest absolute Gasteiger partial charge is 0.466 e. The first kappa shape index (κ1) is 80.8. The lowest BCUT2D eigenvalue weighted by molar-refractivity contribution is -0.143. The van der Waals surface area contributed by atoms with Crippen molar-refractivity contribution >= 4 is 11.9 Å². The van der Waals surface area contributed by atoms with Crippen LogP contribution in [0, 0.1) is 0 Å². The van der Waals surface area contributed by atoms with Crippen molar-refractivity contribution in [1.82, 2.24) is 5.32 Å². The van der Waals surface area contributed by atoms with Gasteiger partial charge >= 0.3 is 5.97 Å². The number of allylic oxidation sites excluding steroid dienone is 7. The summed E-state index contributed by atoms with van der Waals surface area (Å²) >= 11 is 0.